The van der Waals surface area contributed by atoms with E-state index in [1.807, 2.05) is 0 Å². The van der Waals surface area contributed by atoms with Gasteiger partial charge in [0.25, 0.3) is 0 Å². The lowest BCUT2D eigenvalue weighted by atomic mass is 10.2. The summed E-state index contributed by atoms with van der Waals surface area (Å²) in [5.74, 6) is -3.69. The zero-order valence-electron chi connectivity index (χ0n) is 13.4. The molecule has 0 rings (SSSR count). The van der Waals surface area contributed by atoms with Gasteiger partial charge < -0.3 is 34.9 Å². The molecule has 1 atom stereocenters. The predicted octanol–water partition coefficient (Wildman–Crippen LogP) is -3.74. The Morgan fingerprint density at radius 3 is 1.36 bits per heavy atom. The van der Waals surface area contributed by atoms with Crippen molar-refractivity contribution in [2.24, 2.45) is 0 Å². The first-order valence-electron chi connectivity index (χ1n) is 6.37. The van der Waals surface area contributed by atoms with Crippen LogP contribution in [0.1, 0.15) is 0 Å². The Morgan fingerprint density at radius 2 is 1.21 bits per heavy atom. The predicted molar refractivity (Wildman–Crippen MR) is 80.6 cm³/mol. The molecule has 0 spiro atoms. The van der Waals surface area contributed by atoms with E-state index in [2.05, 4.69) is 4.31 Å². The van der Waals surface area contributed by atoms with Crippen LogP contribution in [-0.2, 0) is 13.4 Å². The number of aliphatic hydroxyl groups is 3. The van der Waals surface area contributed by atoms with Gasteiger partial charge in [0.05, 0.1) is 18.1 Å². The molecule has 0 aromatic rings. The zero-order chi connectivity index (χ0) is 22.9. The second-order valence-electron chi connectivity index (χ2n) is 4.36. The van der Waals surface area contributed by atoms with Crippen LogP contribution in [0, 0.1) is 30.3 Å². The second-order valence-corrected chi connectivity index (χ2v) is 6.97. The highest BCUT2D eigenvalue weighted by Gasteiger charge is 2.74. The van der Waals surface area contributed by atoms with Crippen molar-refractivity contribution < 1.29 is 63.1 Å². The minimum atomic E-state index is -5.05. The number of aliphatic hydroxyl groups excluding tert-OH is 3. The number of phosphoric acid groups is 2. The highest BCUT2D eigenvalue weighted by Crippen LogP contribution is 2.53. The Morgan fingerprint density at radius 1 is 0.893 bits per heavy atom. The number of hydrogen-bond donors (Lipinski definition) is 7. The Balaban J connectivity index is 0. The van der Waals surface area contributed by atoms with Crippen molar-refractivity contribution in [2.45, 2.75) is 12.0 Å². The van der Waals surface area contributed by atoms with E-state index in [0.29, 0.717) is 0 Å². The first-order valence-corrected chi connectivity index (χ1v) is 9.43. The third-order valence-electron chi connectivity index (χ3n) is 2.50. The minimum Gasteiger partial charge on any atom is -0.395 e. The van der Waals surface area contributed by atoms with Gasteiger partial charge in [0, 0.05) is 13.1 Å². The summed E-state index contributed by atoms with van der Waals surface area (Å²) in [6, 6.07) is 0. The fraction of sp³-hybridized carbons (Fsp3) is 1.00. The van der Waals surface area contributed by atoms with Crippen molar-refractivity contribution in [1.82, 2.24) is 4.90 Å². The van der Waals surface area contributed by atoms with E-state index in [4.69, 9.17) is 29.8 Å². The molecule has 166 valence electrons. The van der Waals surface area contributed by atoms with E-state index < -0.39 is 68.7 Å². The van der Waals surface area contributed by atoms with Crippen LogP contribution in [0.25, 0.3) is 0 Å². The van der Waals surface area contributed by atoms with Gasteiger partial charge in [0.15, 0.2) is 0 Å². The summed E-state index contributed by atoms with van der Waals surface area (Å²) in [5.41, 5.74) is 0. The Hall–Kier alpha value is -1.70. The molecule has 22 heteroatoms. The quantitative estimate of drug-likeness (QED) is 0.0671. The van der Waals surface area contributed by atoms with Crippen molar-refractivity contribution in [1.29, 1.82) is 0 Å². The molecule has 0 aliphatic carbocycles. The Bertz CT molecular complexity index is 603. The summed E-state index contributed by atoms with van der Waals surface area (Å²) in [6.45, 7) is -3.03. The first kappa shape index (κ1) is 28.5. The molecule has 0 bridgehead atoms. The van der Waals surface area contributed by atoms with Crippen LogP contribution >= 0.6 is 15.6 Å². The standard InChI is InChI=1S/C6H12N4O9.H4O7P2/c11-3-1-7(2-4-12)6(9(16)17,10(18)19)5(13)8(14)15;1-8(2,3)7-9(4,5)6/h5,11-13H,1-4H2;(H2,1,2,3)(H2,4,5,6). The lowest BCUT2D eigenvalue weighted by Crippen LogP contribution is -2.69. The molecule has 0 fully saturated rings. The summed E-state index contributed by atoms with van der Waals surface area (Å²) < 4.78 is 22.2. The fourth-order valence-electron chi connectivity index (χ4n) is 1.61. The summed E-state index contributed by atoms with van der Waals surface area (Å²) in [6.07, 6.45) is -3.17. The number of hydrogen-bond acceptors (Lipinski definition) is 13. The van der Waals surface area contributed by atoms with Crippen molar-refractivity contribution in [3.63, 3.8) is 0 Å². The van der Waals surface area contributed by atoms with Crippen LogP contribution in [0.5, 0.6) is 0 Å². The smallest absolute Gasteiger partial charge is 0.395 e. The van der Waals surface area contributed by atoms with Crippen molar-refractivity contribution in [2.75, 3.05) is 26.3 Å². The van der Waals surface area contributed by atoms with Gasteiger partial charge in [-0.15, -0.1) is 0 Å². The van der Waals surface area contributed by atoms with Gasteiger partial charge in [-0.1, -0.05) is 0 Å². The average molecular weight is 462 g/mol. The molecule has 0 saturated heterocycles. The third-order valence-corrected chi connectivity index (χ3v) is 4.20. The molecule has 7 N–H and O–H groups in total. The first-order chi connectivity index (χ1) is 12.5. The summed E-state index contributed by atoms with van der Waals surface area (Å²) >= 11 is 0. The van der Waals surface area contributed by atoms with Gasteiger partial charge in [-0.2, -0.15) is 9.21 Å². The Labute approximate surface area is 153 Å². The van der Waals surface area contributed by atoms with Crippen LogP contribution < -0.4 is 0 Å². The number of nitrogens with zero attached hydrogens (tertiary/aromatic N) is 4. The maximum absolute atomic E-state index is 10.9. The lowest BCUT2D eigenvalue weighted by molar-refractivity contribution is -0.874. The maximum atomic E-state index is 10.9. The number of rotatable bonds is 11. The summed E-state index contributed by atoms with van der Waals surface area (Å²) in [7, 11) is -10.1. The van der Waals surface area contributed by atoms with Gasteiger partial charge in [0.2, 0.25) is 0 Å². The zero-order valence-corrected chi connectivity index (χ0v) is 15.2. The molecule has 0 aromatic carbocycles. The van der Waals surface area contributed by atoms with Crippen LogP contribution in [0.4, 0.5) is 0 Å². The molecular weight excluding hydrogens is 446 g/mol. The van der Waals surface area contributed by atoms with E-state index in [1.165, 1.54) is 0 Å². The van der Waals surface area contributed by atoms with E-state index in [-0.39, 0.29) is 4.90 Å². The fourth-order valence-corrected chi connectivity index (χ4v) is 2.72. The summed E-state index contributed by atoms with van der Waals surface area (Å²) in [4.78, 5) is 58.6. The molecule has 1 unspecified atom stereocenters. The molecule has 20 nitrogen and oxygen atoms in total. The molecular formula is C6H16N4O16P2. The number of nitro groups is 3. The SMILES string of the molecule is O=P(O)(O)OP(=O)(O)O.O=[N+]([O-])C(O)C(N(CCO)CCO)([N+](=O)[O-])[N+](=O)[O-]. The van der Waals surface area contributed by atoms with Gasteiger partial charge in [-0.05, 0) is 0 Å². The maximum Gasteiger partial charge on any atom is 0.616 e. The normalized spacial score (nSPS) is 13.4. The molecule has 0 saturated carbocycles. The monoisotopic (exact) mass is 462 g/mol. The van der Waals surface area contributed by atoms with Gasteiger partial charge in [-0.3, -0.25) is 30.3 Å². The molecule has 28 heavy (non-hydrogen) atoms. The molecule has 0 aliphatic heterocycles. The molecule has 0 amide bonds. The van der Waals surface area contributed by atoms with E-state index in [1.54, 1.807) is 0 Å². The highest BCUT2D eigenvalue weighted by atomic mass is 31.3. The Kier molecular flexibility index (Phi) is 11.5. The summed E-state index contributed by atoms with van der Waals surface area (Å²) in [5, 5.41) is 58.8. The van der Waals surface area contributed by atoms with E-state index in [9.17, 15) is 44.6 Å². The van der Waals surface area contributed by atoms with Crippen molar-refractivity contribution in [3.8, 4) is 0 Å². The third kappa shape index (κ3) is 8.99. The molecule has 0 heterocycles. The second kappa shape index (κ2) is 11.3. The van der Waals surface area contributed by atoms with Crippen molar-refractivity contribution in [3.05, 3.63) is 30.3 Å². The lowest BCUT2D eigenvalue weighted by Gasteiger charge is -2.27. The van der Waals surface area contributed by atoms with Crippen LogP contribution in [0.3, 0.4) is 0 Å². The van der Waals surface area contributed by atoms with Gasteiger partial charge in [0.1, 0.15) is 9.85 Å². The minimum absolute atomic E-state index is 0.223. The molecule has 0 radical (unpaired) electrons. The van der Waals surface area contributed by atoms with Crippen LogP contribution in [-0.4, -0.2) is 92.9 Å². The largest absolute Gasteiger partial charge is 0.616 e. The van der Waals surface area contributed by atoms with Gasteiger partial charge in [-0.25, -0.2) is 9.13 Å². The van der Waals surface area contributed by atoms with Crippen LogP contribution in [0.15, 0.2) is 0 Å². The van der Waals surface area contributed by atoms with Crippen molar-refractivity contribution >= 4 is 15.6 Å². The molecule has 0 aromatic heterocycles. The van der Waals surface area contributed by atoms with E-state index >= 15 is 0 Å². The topological polar surface area (TPSA) is 318 Å². The highest BCUT2D eigenvalue weighted by molar-refractivity contribution is 7.60. The van der Waals surface area contributed by atoms with Crippen LogP contribution in [0.2, 0.25) is 0 Å². The van der Waals surface area contributed by atoms with Gasteiger partial charge >= 0.3 is 27.7 Å². The molecule has 0 aliphatic rings. The average Bonchev–Trinajstić information content (AvgIpc) is 2.44. The van der Waals surface area contributed by atoms with E-state index in [0.717, 1.165) is 0 Å².